The molecular weight excluding hydrogens is 232 g/mol. The zero-order chi connectivity index (χ0) is 13.3. The first-order chi connectivity index (χ1) is 9.19. The molecule has 0 radical (unpaired) electrons. The van der Waals surface area contributed by atoms with Gasteiger partial charge in [-0.05, 0) is 43.2 Å². The van der Waals surface area contributed by atoms with Crippen molar-refractivity contribution in [2.24, 2.45) is 5.92 Å². The fraction of sp³-hybridized carbons (Fsp3) is 0.647. The summed E-state index contributed by atoms with van der Waals surface area (Å²) < 4.78 is 0. The Hall–Kier alpha value is -0.860. The number of nitrogens with one attached hydrogen (secondary N) is 1. The van der Waals surface area contributed by atoms with Gasteiger partial charge in [0.15, 0.2) is 0 Å². The molecule has 1 heterocycles. The van der Waals surface area contributed by atoms with Crippen molar-refractivity contribution in [2.45, 2.75) is 45.2 Å². The van der Waals surface area contributed by atoms with E-state index in [1.807, 2.05) is 0 Å². The SMILES string of the molecule is CCc1ccc(CN2CCNC(C)(C3CC3)C2)cc1. The van der Waals surface area contributed by atoms with Crippen LogP contribution < -0.4 is 5.32 Å². The lowest BCUT2D eigenvalue weighted by Crippen LogP contribution is -2.59. The minimum atomic E-state index is 0.363. The standard InChI is InChI=1S/C17H26N2/c1-3-14-4-6-15(7-5-14)12-19-11-10-18-17(2,13-19)16-8-9-16/h4-7,16,18H,3,8-13H2,1-2H3. The van der Waals surface area contributed by atoms with Gasteiger partial charge in [-0.3, -0.25) is 4.90 Å². The molecule has 1 saturated carbocycles. The number of piperazine rings is 1. The molecule has 3 rings (SSSR count). The minimum absolute atomic E-state index is 0.363. The lowest BCUT2D eigenvalue weighted by atomic mass is 9.92. The third-order valence-electron chi connectivity index (χ3n) is 4.82. The van der Waals surface area contributed by atoms with Gasteiger partial charge in [0, 0.05) is 31.7 Å². The Morgan fingerprint density at radius 3 is 2.53 bits per heavy atom. The van der Waals surface area contributed by atoms with Gasteiger partial charge in [0.25, 0.3) is 0 Å². The molecule has 104 valence electrons. The molecule has 2 aliphatic rings. The van der Waals surface area contributed by atoms with Gasteiger partial charge in [0.05, 0.1) is 0 Å². The Morgan fingerprint density at radius 2 is 1.89 bits per heavy atom. The van der Waals surface area contributed by atoms with Crippen LogP contribution in [0.15, 0.2) is 24.3 Å². The van der Waals surface area contributed by atoms with Crippen LogP contribution in [-0.4, -0.2) is 30.1 Å². The molecule has 1 atom stereocenters. The number of hydrogen-bond acceptors (Lipinski definition) is 2. The average molecular weight is 258 g/mol. The van der Waals surface area contributed by atoms with Gasteiger partial charge in [-0.15, -0.1) is 0 Å². The number of hydrogen-bond donors (Lipinski definition) is 1. The van der Waals surface area contributed by atoms with E-state index in [2.05, 4.69) is 48.3 Å². The summed E-state index contributed by atoms with van der Waals surface area (Å²) in [6.45, 7) is 9.25. The Kier molecular flexibility index (Phi) is 3.64. The van der Waals surface area contributed by atoms with Crippen molar-refractivity contribution in [3.63, 3.8) is 0 Å². The third kappa shape index (κ3) is 3.01. The normalized spacial score (nSPS) is 28.5. The van der Waals surface area contributed by atoms with E-state index in [1.54, 1.807) is 0 Å². The summed E-state index contributed by atoms with van der Waals surface area (Å²) in [4.78, 5) is 2.62. The second-order valence-electron chi connectivity index (χ2n) is 6.50. The van der Waals surface area contributed by atoms with Gasteiger partial charge >= 0.3 is 0 Å². The molecule has 2 nitrogen and oxygen atoms in total. The summed E-state index contributed by atoms with van der Waals surface area (Å²) in [6.07, 6.45) is 3.97. The maximum Gasteiger partial charge on any atom is 0.0309 e. The maximum absolute atomic E-state index is 3.75. The van der Waals surface area contributed by atoms with Crippen LogP contribution in [0.3, 0.4) is 0 Å². The van der Waals surface area contributed by atoms with Gasteiger partial charge < -0.3 is 5.32 Å². The molecule has 0 spiro atoms. The molecule has 1 N–H and O–H groups in total. The van der Waals surface area contributed by atoms with Crippen molar-refractivity contribution in [2.75, 3.05) is 19.6 Å². The van der Waals surface area contributed by atoms with E-state index in [4.69, 9.17) is 0 Å². The molecule has 0 bridgehead atoms. The van der Waals surface area contributed by atoms with E-state index in [0.29, 0.717) is 5.54 Å². The van der Waals surface area contributed by atoms with Crippen LogP contribution in [0.25, 0.3) is 0 Å². The first kappa shape index (κ1) is 13.1. The monoisotopic (exact) mass is 258 g/mol. The molecule has 0 amide bonds. The van der Waals surface area contributed by atoms with Gasteiger partial charge in [0.1, 0.15) is 0 Å². The van der Waals surface area contributed by atoms with Crippen LogP contribution in [0.4, 0.5) is 0 Å². The van der Waals surface area contributed by atoms with Crippen molar-refractivity contribution >= 4 is 0 Å². The van der Waals surface area contributed by atoms with Gasteiger partial charge in [-0.2, -0.15) is 0 Å². The molecule has 2 heteroatoms. The number of aryl methyl sites for hydroxylation is 1. The van der Waals surface area contributed by atoms with E-state index in [-0.39, 0.29) is 0 Å². The Balaban J connectivity index is 1.62. The fourth-order valence-corrected chi connectivity index (χ4v) is 3.37. The molecule has 1 saturated heterocycles. The highest BCUT2D eigenvalue weighted by atomic mass is 15.2. The largest absolute Gasteiger partial charge is 0.309 e. The highest BCUT2D eigenvalue weighted by molar-refractivity contribution is 5.22. The quantitative estimate of drug-likeness (QED) is 0.893. The van der Waals surface area contributed by atoms with Crippen LogP contribution in [0.5, 0.6) is 0 Å². The maximum atomic E-state index is 3.75. The molecule has 19 heavy (non-hydrogen) atoms. The van der Waals surface area contributed by atoms with Crippen LogP contribution in [0, 0.1) is 5.92 Å². The van der Waals surface area contributed by atoms with Crippen molar-refractivity contribution in [1.29, 1.82) is 0 Å². The lowest BCUT2D eigenvalue weighted by Gasteiger charge is -2.42. The summed E-state index contributed by atoms with van der Waals surface area (Å²) in [7, 11) is 0. The number of rotatable bonds is 4. The molecular formula is C17H26N2. The average Bonchev–Trinajstić information content (AvgIpc) is 3.24. The third-order valence-corrected chi connectivity index (χ3v) is 4.82. The highest BCUT2D eigenvalue weighted by Gasteiger charge is 2.43. The van der Waals surface area contributed by atoms with Crippen LogP contribution in [0.1, 0.15) is 37.8 Å². The van der Waals surface area contributed by atoms with Crippen LogP contribution in [0.2, 0.25) is 0 Å². The van der Waals surface area contributed by atoms with Crippen LogP contribution in [-0.2, 0) is 13.0 Å². The predicted octanol–water partition coefficient (Wildman–Crippen LogP) is 2.82. The van der Waals surface area contributed by atoms with Crippen molar-refractivity contribution in [3.05, 3.63) is 35.4 Å². The zero-order valence-corrected chi connectivity index (χ0v) is 12.3. The first-order valence-corrected chi connectivity index (χ1v) is 7.75. The van der Waals surface area contributed by atoms with Crippen molar-refractivity contribution in [1.82, 2.24) is 10.2 Å². The minimum Gasteiger partial charge on any atom is -0.309 e. The van der Waals surface area contributed by atoms with Crippen molar-refractivity contribution in [3.8, 4) is 0 Å². The summed E-state index contributed by atoms with van der Waals surface area (Å²) in [5, 5.41) is 3.75. The van der Waals surface area contributed by atoms with Gasteiger partial charge in [0.2, 0.25) is 0 Å². The summed E-state index contributed by atoms with van der Waals surface area (Å²) in [5.74, 6) is 0.915. The van der Waals surface area contributed by atoms with E-state index >= 15 is 0 Å². The summed E-state index contributed by atoms with van der Waals surface area (Å²) in [5.41, 5.74) is 3.26. The molecule has 1 aliphatic heterocycles. The molecule has 2 fully saturated rings. The number of nitrogens with zero attached hydrogens (tertiary/aromatic N) is 1. The summed E-state index contributed by atoms with van der Waals surface area (Å²) in [6, 6.07) is 9.15. The van der Waals surface area contributed by atoms with Gasteiger partial charge in [-0.25, -0.2) is 0 Å². The van der Waals surface area contributed by atoms with E-state index in [0.717, 1.165) is 25.4 Å². The van der Waals surface area contributed by atoms with Crippen LogP contribution >= 0.6 is 0 Å². The molecule has 1 aromatic carbocycles. The number of benzene rings is 1. The first-order valence-electron chi connectivity index (χ1n) is 7.75. The molecule has 1 aliphatic carbocycles. The van der Waals surface area contributed by atoms with E-state index in [1.165, 1.54) is 37.1 Å². The molecule has 0 aromatic heterocycles. The smallest absolute Gasteiger partial charge is 0.0309 e. The van der Waals surface area contributed by atoms with Gasteiger partial charge in [-0.1, -0.05) is 31.2 Å². The second-order valence-corrected chi connectivity index (χ2v) is 6.50. The molecule has 1 aromatic rings. The van der Waals surface area contributed by atoms with E-state index < -0.39 is 0 Å². The zero-order valence-electron chi connectivity index (χ0n) is 12.3. The van der Waals surface area contributed by atoms with Crippen molar-refractivity contribution < 1.29 is 0 Å². The Morgan fingerprint density at radius 1 is 1.21 bits per heavy atom. The second kappa shape index (κ2) is 5.26. The summed E-state index contributed by atoms with van der Waals surface area (Å²) >= 11 is 0. The highest BCUT2D eigenvalue weighted by Crippen LogP contribution is 2.40. The Labute approximate surface area is 117 Å². The topological polar surface area (TPSA) is 15.3 Å². The lowest BCUT2D eigenvalue weighted by molar-refractivity contribution is 0.121. The molecule has 1 unspecified atom stereocenters. The fourth-order valence-electron chi connectivity index (χ4n) is 3.37. The Bertz CT molecular complexity index is 421. The predicted molar refractivity (Wildman–Crippen MR) is 80.2 cm³/mol. The van der Waals surface area contributed by atoms with E-state index in [9.17, 15) is 0 Å².